The van der Waals surface area contributed by atoms with E-state index in [9.17, 15) is 9.59 Å². The summed E-state index contributed by atoms with van der Waals surface area (Å²) < 4.78 is 0. The number of amides is 1. The van der Waals surface area contributed by atoms with Crippen LogP contribution in [0.5, 0.6) is 0 Å². The van der Waals surface area contributed by atoms with Crippen LogP contribution in [0.4, 0.5) is 5.82 Å². The van der Waals surface area contributed by atoms with Gasteiger partial charge in [-0.3, -0.25) is 4.79 Å². The Morgan fingerprint density at radius 2 is 1.81 bits per heavy atom. The van der Waals surface area contributed by atoms with E-state index in [0.29, 0.717) is 28.0 Å². The highest BCUT2D eigenvalue weighted by Crippen LogP contribution is 2.25. The van der Waals surface area contributed by atoms with Crippen LogP contribution in [0, 0.1) is 0 Å². The lowest BCUT2D eigenvalue weighted by molar-refractivity contribution is 0.0696. The molecule has 160 valence electrons. The number of carbonyl (C=O) groups excluding carboxylic acids is 1. The lowest BCUT2D eigenvalue weighted by atomic mass is 10.1. The van der Waals surface area contributed by atoms with Gasteiger partial charge in [-0.1, -0.05) is 53.5 Å². The molecular weight excluding hydrogens is 437 g/mol. The standard InChI is InChI=1S/C23H21Cl2N3O3/c1-14(15-7-9-16(10-8-15)23(30)31)27-22(29)19-11-18(24)12-26-21(19)28(2)13-17-5-3-4-6-20(17)25/h3-12,14H,13H2,1-2H3,(H,27,29)(H,30,31). The average Bonchev–Trinajstić information content (AvgIpc) is 2.75. The summed E-state index contributed by atoms with van der Waals surface area (Å²) in [6.07, 6.45) is 1.49. The van der Waals surface area contributed by atoms with Crippen LogP contribution in [-0.2, 0) is 6.54 Å². The second-order valence-corrected chi connectivity index (χ2v) is 7.94. The highest BCUT2D eigenvalue weighted by Gasteiger charge is 2.20. The number of anilines is 1. The molecule has 1 amide bonds. The topological polar surface area (TPSA) is 82.5 Å². The van der Waals surface area contributed by atoms with E-state index in [1.54, 1.807) is 18.2 Å². The van der Waals surface area contributed by atoms with Crippen molar-refractivity contribution in [3.05, 3.63) is 93.1 Å². The Kier molecular flexibility index (Phi) is 7.15. The maximum absolute atomic E-state index is 13.0. The molecule has 0 saturated carbocycles. The van der Waals surface area contributed by atoms with Gasteiger partial charge in [-0.2, -0.15) is 0 Å². The predicted molar refractivity (Wildman–Crippen MR) is 122 cm³/mol. The van der Waals surface area contributed by atoms with E-state index < -0.39 is 5.97 Å². The second kappa shape index (κ2) is 9.81. The quantitative estimate of drug-likeness (QED) is 0.508. The van der Waals surface area contributed by atoms with Gasteiger partial charge in [0.25, 0.3) is 5.91 Å². The van der Waals surface area contributed by atoms with Crippen molar-refractivity contribution in [2.75, 3.05) is 11.9 Å². The number of aromatic nitrogens is 1. The minimum atomic E-state index is -1.00. The highest BCUT2D eigenvalue weighted by atomic mass is 35.5. The molecule has 31 heavy (non-hydrogen) atoms. The van der Waals surface area contributed by atoms with Gasteiger partial charge in [0.15, 0.2) is 0 Å². The summed E-state index contributed by atoms with van der Waals surface area (Å²) in [5.74, 6) is -0.875. The van der Waals surface area contributed by atoms with Crippen LogP contribution in [0.1, 0.15) is 44.8 Å². The van der Waals surface area contributed by atoms with Crippen LogP contribution in [-0.4, -0.2) is 29.0 Å². The van der Waals surface area contributed by atoms with Gasteiger partial charge in [0.1, 0.15) is 5.82 Å². The molecule has 3 aromatic rings. The van der Waals surface area contributed by atoms with E-state index in [4.69, 9.17) is 28.3 Å². The molecule has 0 bridgehead atoms. The molecule has 6 nitrogen and oxygen atoms in total. The minimum Gasteiger partial charge on any atom is -0.478 e. The van der Waals surface area contributed by atoms with Crippen LogP contribution in [0.15, 0.2) is 60.8 Å². The molecule has 0 aliphatic heterocycles. The zero-order chi connectivity index (χ0) is 22.5. The van der Waals surface area contributed by atoms with Crippen LogP contribution in [0.25, 0.3) is 0 Å². The summed E-state index contributed by atoms with van der Waals surface area (Å²) in [5, 5.41) is 12.9. The zero-order valence-electron chi connectivity index (χ0n) is 17.0. The molecular formula is C23H21Cl2N3O3. The fraction of sp³-hybridized carbons (Fsp3) is 0.174. The average molecular weight is 458 g/mol. The van der Waals surface area contributed by atoms with Crippen LogP contribution in [0.2, 0.25) is 10.0 Å². The Morgan fingerprint density at radius 1 is 1.13 bits per heavy atom. The molecule has 3 rings (SSSR count). The van der Waals surface area contributed by atoms with Crippen molar-refractivity contribution in [3.63, 3.8) is 0 Å². The maximum atomic E-state index is 13.0. The van der Waals surface area contributed by atoms with E-state index in [-0.39, 0.29) is 17.5 Å². The third kappa shape index (κ3) is 5.54. The fourth-order valence-corrected chi connectivity index (χ4v) is 3.49. The van der Waals surface area contributed by atoms with Gasteiger partial charge in [0.05, 0.1) is 22.2 Å². The van der Waals surface area contributed by atoms with E-state index in [2.05, 4.69) is 10.3 Å². The molecule has 0 radical (unpaired) electrons. The number of aromatic carboxylic acids is 1. The lowest BCUT2D eigenvalue weighted by Crippen LogP contribution is -2.29. The van der Waals surface area contributed by atoms with E-state index in [1.165, 1.54) is 18.3 Å². The van der Waals surface area contributed by atoms with Crippen molar-refractivity contribution in [2.45, 2.75) is 19.5 Å². The van der Waals surface area contributed by atoms with Crippen LogP contribution >= 0.6 is 23.2 Å². The first-order chi connectivity index (χ1) is 14.8. The number of benzene rings is 2. The molecule has 0 aliphatic rings. The summed E-state index contributed by atoms with van der Waals surface area (Å²) in [6.45, 7) is 2.28. The number of hydrogen-bond donors (Lipinski definition) is 2. The maximum Gasteiger partial charge on any atom is 0.335 e. The van der Waals surface area contributed by atoms with Crippen LogP contribution < -0.4 is 10.2 Å². The Morgan fingerprint density at radius 3 is 2.45 bits per heavy atom. The monoisotopic (exact) mass is 457 g/mol. The number of pyridine rings is 1. The van der Waals surface area contributed by atoms with Gasteiger partial charge < -0.3 is 15.3 Å². The van der Waals surface area contributed by atoms with Crippen molar-refractivity contribution < 1.29 is 14.7 Å². The molecule has 1 atom stereocenters. The molecule has 0 saturated heterocycles. The molecule has 8 heteroatoms. The fourth-order valence-electron chi connectivity index (χ4n) is 3.13. The third-order valence-electron chi connectivity index (χ3n) is 4.81. The summed E-state index contributed by atoms with van der Waals surface area (Å²) in [6, 6.07) is 15.1. The third-order valence-corrected chi connectivity index (χ3v) is 5.39. The minimum absolute atomic E-state index is 0.185. The van der Waals surface area contributed by atoms with Gasteiger partial charge in [0.2, 0.25) is 0 Å². The number of rotatable bonds is 7. The SMILES string of the molecule is CC(NC(=O)c1cc(Cl)cnc1N(C)Cc1ccccc1Cl)c1ccc(C(=O)O)cc1. The molecule has 1 unspecified atom stereocenters. The smallest absolute Gasteiger partial charge is 0.335 e. The number of carboxylic acids is 1. The van der Waals surface area contributed by atoms with Crippen molar-refractivity contribution in [3.8, 4) is 0 Å². The molecule has 2 aromatic carbocycles. The second-order valence-electron chi connectivity index (χ2n) is 7.09. The van der Waals surface area contributed by atoms with Gasteiger partial charge in [0, 0.05) is 24.8 Å². The first-order valence-electron chi connectivity index (χ1n) is 9.50. The number of nitrogens with one attached hydrogen (secondary N) is 1. The highest BCUT2D eigenvalue weighted by molar-refractivity contribution is 6.31. The van der Waals surface area contributed by atoms with Gasteiger partial charge in [-0.05, 0) is 42.3 Å². The number of carboxylic acid groups (broad SMARTS) is 1. The van der Waals surface area contributed by atoms with Gasteiger partial charge in [-0.15, -0.1) is 0 Å². The number of nitrogens with zero attached hydrogens (tertiary/aromatic N) is 2. The summed E-state index contributed by atoms with van der Waals surface area (Å²) in [4.78, 5) is 30.3. The lowest BCUT2D eigenvalue weighted by Gasteiger charge is -2.23. The van der Waals surface area contributed by atoms with E-state index in [0.717, 1.165) is 11.1 Å². The van der Waals surface area contributed by atoms with Crippen molar-refractivity contribution in [1.29, 1.82) is 0 Å². The molecule has 0 aliphatic carbocycles. The predicted octanol–water partition coefficient (Wildman–Crippen LogP) is 5.21. The molecule has 1 heterocycles. The first-order valence-corrected chi connectivity index (χ1v) is 10.3. The zero-order valence-corrected chi connectivity index (χ0v) is 18.5. The summed E-state index contributed by atoms with van der Waals surface area (Å²) >= 11 is 12.4. The number of halogens is 2. The normalized spacial score (nSPS) is 11.6. The Hall–Kier alpha value is -3.09. The number of hydrogen-bond acceptors (Lipinski definition) is 4. The molecule has 2 N–H and O–H groups in total. The molecule has 0 spiro atoms. The largest absolute Gasteiger partial charge is 0.478 e. The first kappa shape index (κ1) is 22.6. The Labute approximate surface area is 190 Å². The van der Waals surface area contributed by atoms with Crippen molar-refractivity contribution in [1.82, 2.24) is 10.3 Å². The number of carbonyl (C=O) groups is 2. The van der Waals surface area contributed by atoms with E-state index >= 15 is 0 Å². The summed E-state index contributed by atoms with van der Waals surface area (Å²) in [5.41, 5.74) is 2.20. The molecule has 0 fully saturated rings. The van der Waals surface area contributed by atoms with Crippen LogP contribution in [0.3, 0.4) is 0 Å². The Bertz CT molecular complexity index is 1100. The van der Waals surface area contributed by atoms with Crippen molar-refractivity contribution >= 4 is 40.9 Å². The Balaban J connectivity index is 1.81. The summed E-state index contributed by atoms with van der Waals surface area (Å²) in [7, 11) is 1.82. The van der Waals surface area contributed by atoms with Gasteiger partial charge >= 0.3 is 5.97 Å². The van der Waals surface area contributed by atoms with Crippen molar-refractivity contribution in [2.24, 2.45) is 0 Å². The molecule has 1 aromatic heterocycles. The van der Waals surface area contributed by atoms with E-state index in [1.807, 2.05) is 43.1 Å². The van der Waals surface area contributed by atoms with Gasteiger partial charge in [-0.25, -0.2) is 9.78 Å².